The van der Waals surface area contributed by atoms with Crippen molar-refractivity contribution in [2.45, 2.75) is 0 Å². The third-order valence-electron chi connectivity index (χ3n) is 2.76. The summed E-state index contributed by atoms with van der Waals surface area (Å²) < 4.78 is 5.95. The van der Waals surface area contributed by atoms with Crippen LogP contribution < -0.4 is 4.74 Å². The topological polar surface area (TPSA) is 46.5 Å². The van der Waals surface area contributed by atoms with E-state index in [1.165, 1.54) is 19.3 Å². The number of carbonyl (C=O) groups excluding carboxylic acids is 1. The summed E-state index contributed by atoms with van der Waals surface area (Å²) in [5, 5.41) is 9.50. The maximum absolute atomic E-state index is 12.0. The van der Waals surface area contributed by atoms with Gasteiger partial charge in [-0.15, -0.1) is 0 Å². The van der Waals surface area contributed by atoms with Crippen LogP contribution in [0, 0.1) is 0 Å². The summed E-state index contributed by atoms with van der Waals surface area (Å²) in [4.78, 5) is 12.0. The van der Waals surface area contributed by atoms with Crippen LogP contribution in [0.2, 0.25) is 0 Å². The quantitative estimate of drug-likeness (QED) is 0.678. The Morgan fingerprint density at radius 1 is 1.20 bits per heavy atom. The SMILES string of the molecule is COc1cc(/C=C/C(=O)c2ccc(Br)cc2)ccc1O. The van der Waals surface area contributed by atoms with Crippen molar-refractivity contribution in [3.8, 4) is 11.5 Å². The molecule has 2 aromatic carbocycles. The molecule has 2 aromatic rings. The van der Waals surface area contributed by atoms with Gasteiger partial charge in [-0.25, -0.2) is 0 Å². The highest BCUT2D eigenvalue weighted by Crippen LogP contribution is 2.26. The molecule has 0 saturated carbocycles. The van der Waals surface area contributed by atoms with Crippen molar-refractivity contribution < 1.29 is 14.6 Å². The van der Waals surface area contributed by atoms with Gasteiger partial charge in [-0.1, -0.05) is 28.1 Å². The summed E-state index contributed by atoms with van der Waals surface area (Å²) in [5.41, 5.74) is 1.40. The molecule has 102 valence electrons. The number of phenols is 1. The summed E-state index contributed by atoms with van der Waals surface area (Å²) >= 11 is 3.33. The molecule has 20 heavy (non-hydrogen) atoms. The Morgan fingerprint density at radius 2 is 1.90 bits per heavy atom. The average Bonchev–Trinajstić information content (AvgIpc) is 2.46. The molecule has 0 aromatic heterocycles. The predicted molar refractivity (Wildman–Crippen MR) is 82.2 cm³/mol. The largest absolute Gasteiger partial charge is 0.504 e. The van der Waals surface area contributed by atoms with Crippen LogP contribution >= 0.6 is 15.9 Å². The maximum Gasteiger partial charge on any atom is 0.185 e. The number of halogens is 1. The van der Waals surface area contributed by atoms with Gasteiger partial charge < -0.3 is 9.84 Å². The van der Waals surface area contributed by atoms with Crippen molar-refractivity contribution in [3.63, 3.8) is 0 Å². The predicted octanol–water partition coefficient (Wildman–Crippen LogP) is 4.06. The summed E-state index contributed by atoms with van der Waals surface area (Å²) in [6, 6.07) is 12.1. The van der Waals surface area contributed by atoms with E-state index in [2.05, 4.69) is 15.9 Å². The van der Waals surface area contributed by atoms with Crippen molar-refractivity contribution in [2.24, 2.45) is 0 Å². The first-order valence-electron chi connectivity index (χ1n) is 5.95. The van der Waals surface area contributed by atoms with Crippen LogP contribution in [0.4, 0.5) is 0 Å². The van der Waals surface area contributed by atoms with Crippen molar-refractivity contribution >= 4 is 27.8 Å². The minimum atomic E-state index is -0.0791. The number of carbonyl (C=O) groups is 1. The number of phenolic OH excluding ortho intramolecular Hbond substituents is 1. The van der Waals surface area contributed by atoms with Crippen LogP contribution in [0.15, 0.2) is 53.0 Å². The van der Waals surface area contributed by atoms with Crippen molar-refractivity contribution in [1.29, 1.82) is 0 Å². The Morgan fingerprint density at radius 3 is 2.55 bits per heavy atom. The number of aromatic hydroxyl groups is 1. The van der Waals surface area contributed by atoms with Crippen molar-refractivity contribution in [2.75, 3.05) is 7.11 Å². The smallest absolute Gasteiger partial charge is 0.185 e. The van der Waals surface area contributed by atoms with Crippen molar-refractivity contribution in [3.05, 3.63) is 64.1 Å². The van der Waals surface area contributed by atoms with Gasteiger partial charge in [0.2, 0.25) is 0 Å². The maximum atomic E-state index is 12.0. The van der Waals surface area contributed by atoms with Crippen LogP contribution in [-0.4, -0.2) is 18.0 Å². The highest BCUT2D eigenvalue weighted by molar-refractivity contribution is 9.10. The second-order valence-corrected chi connectivity index (χ2v) is 5.05. The molecule has 2 rings (SSSR count). The molecule has 0 spiro atoms. The minimum Gasteiger partial charge on any atom is -0.504 e. The lowest BCUT2D eigenvalue weighted by Crippen LogP contribution is -1.93. The molecule has 0 aliphatic heterocycles. The fourth-order valence-corrected chi connectivity index (χ4v) is 1.94. The van der Waals surface area contributed by atoms with Gasteiger partial charge in [-0.3, -0.25) is 4.79 Å². The van der Waals surface area contributed by atoms with Crippen LogP contribution in [0.3, 0.4) is 0 Å². The molecule has 4 heteroatoms. The van der Waals surface area contributed by atoms with E-state index in [0.29, 0.717) is 11.3 Å². The lowest BCUT2D eigenvalue weighted by Gasteiger charge is -2.03. The Balaban J connectivity index is 2.16. The second kappa shape index (κ2) is 6.39. The van der Waals surface area contributed by atoms with Crippen LogP contribution in [0.5, 0.6) is 11.5 Å². The van der Waals surface area contributed by atoms with E-state index in [9.17, 15) is 9.90 Å². The van der Waals surface area contributed by atoms with Crippen LogP contribution in [-0.2, 0) is 0 Å². The van der Waals surface area contributed by atoms with Gasteiger partial charge in [0.1, 0.15) is 0 Å². The fourth-order valence-electron chi connectivity index (χ4n) is 1.68. The molecule has 0 fully saturated rings. The lowest BCUT2D eigenvalue weighted by atomic mass is 10.1. The van der Waals surface area contributed by atoms with Gasteiger partial charge in [0, 0.05) is 10.0 Å². The molecule has 0 bridgehead atoms. The van der Waals surface area contributed by atoms with E-state index < -0.39 is 0 Å². The number of rotatable bonds is 4. The number of hydrogen-bond acceptors (Lipinski definition) is 3. The fraction of sp³-hybridized carbons (Fsp3) is 0.0625. The van der Waals surface area contributed by atoms with Crippen LogP contribution in [0.1, 0.15) is 15.9 Å². The third kappa shape index (κ3) is 3.48. The van der Waals surface area contributed by atoms with Gasteiger partial charge in [0.15, 0.2) is 17.3 Å². The van der Waals surface area contributed by atoms with E-state index in [0.717, 1.165) is 10.0 Å². The summed E-state index contributed by atoms with van der Waals surface area (Å²) in [7, 11) is 1.48. The summed E-state index contributed by atoms with van der Waals surface area (Å²) in [6.07, 6.45) is 3.18. The molecule has 0 heterocycles. The van der Waals surface area contributed by atoms with E-state index in [-0.39, 0.29) is 11.5 Å². The molecular formula is C16H13BrO3. The lowest BCUT2D eigenvalue weighted by molar-refractivity contribution is 0.104. The molecule has 3 nitrogen and oxygen atoms in total. The Kier molecular flexibility index (Phi) is 4.58. The zero-order valence-corrected chi connectivity index (χ0v) is 12.4. The standard InChI is InChI=1S/C16H13BrO3/c1-20-16-10-11(3-9-15(16)19)2-8-14(18)12-4-6-13(17)7-5-12/h2-10,19H,1H3/b8-2+. The van der Waals surface area contributed by atoms with Gasteiger partial charge in [0.25, 0.3) is 0 Å². The Labute approximate surface area is 125 Å². The van der Waals surface area contributed by atoms with Gasteiger partial charge in [-0.05, 0) is 48.0 Å². The molecule has 0 unspecified atom stereocenters. The zero-order chi connectivity index (χ0) is 14.5. The molecular weight excluding hydrogens is 320 g/mol. The van der Waals surface area contributed by atoms with E-state index in [1.54, 1.807) is 30.3 Å². The zero-order valence-electron chi connectivity index (χ0n) is 10.8. The number of benzene rings is 2. The average molecular weight is 333 g/mol. The number of hydrogen-bond donors (Lipinski definition) is 1. The summed E-state index contributed by atoms with van der Waals surface area (Å²) in [6.45, 7) is 0. The number of ketones is 1. The number of methoxy groups -OCH3 is 1. The molecule has 0 saturated heterocycles. The van der Waals surface area contributed by atoms with E-state index in [4.69, 9.17) is 4.74 Å². The van der Waals surface area contributed by atoms with E-state index >= 15 is 0 Å². The van der Waals surface area contributed by atoms with E-state index in [1.807, 2.05) is 12.1 Å². The normalized spacial score (nSPS) is 10.7. The number of allylic oxidation sites excluding steroid dienone is 1. The highest BCUT2D eigenvalue weighted by Gasteiger charge is 2.03. The molecule has 0 aliphatic carbocycles. The molecule has 0 radical (unpaired) electrons. The van der Waals surface area contributed by atoms with Crippen molar-refractivity contribution in [1.82, 2.24) is 0 Å². The molecule has 0 amide bonds. The first-order chi connectivity index (χ1) is 9.60. The Hall–Kier alpha value is -2.07. The molecule has 1 N–H and O–H groups in total. The summed E-state index contributed by atoms with van der Waals surface area (Å²) in [5.74, 6) is 0.372. The van der Waals surface area contributed by atoms with Gasteiger partial charge in [-0.2, -0.15) is 0 Å². The number of ether oxygens (including phenoxy) is 1. The molecule has 0 aliphatic rings. The van der Waals surface area contributed by atoms with Gasteiger partial charge >= 0.3 is 0 Å². The third-order valence-corrected chi connectivity index (χ3v) is 3.29. The highest BCUT2D eigenvalue weighted by atomic mass is 79.9. The first kappa shape index (κ1) is 14.3. The molecule has 0 atom stereocenters. The Bertz CT molecular complexity index is 645. The minimum absolute atomic E-state index is 0.0730. The monoisotopic (exact) mass is 332 g/mol. The van der Waals surface area contributed by atoms with Crippen LogP contribution in [0.25, 0.3) is 6.08 Å². The second-order valence-electron chi connectivity index (χ2n) is 4.14. The van der Waals surface area contributed by atoms with Gasteiger partial charge in [0.05, 0.1) is 7.11 Å². The first-order valence-corrected chi connectivity index (χ1v) is 6.74.